The van der Waals surface area contributed by atoms with Crippen LogP contribution >= 0.6 is 0 Å². The fourth-order valence-corrected chi connectivity index (χ4v) is 4.63. The Kier molecular flexibility index (Phi) is 6.10. The predicted octanol–water partition coefficient (Wildman–Crippen LogP) is 3.33. The Balaban J connectivity index is 1.29. The van der Waals surface area contributed by atoms with Crippen molar-refractivity contribution in [3.8, 4) is 0 Å². The highest BCUT2D eigenvalue weighted by molar-refractivity contribution is 5.92. The van der Waals surface area contributed by atoms with Crippen LogP contribution in [0.3, 0.4) is 0 Å². The lowest BCUT2D eigenvalue weighted by atomic mass is 9.95. The third kappa shape index (κ3) is 4.63. The molecule has 1 atom stereocenters. The van der Waals surface area contributed by atoms with Gasteiger partial charge in [0.2, 0.25) is 0 Å². The van der Waals surface area contributed by atoms with Gasteiger partial charge in [-0.25, -0.2) is 4.98 Å². The molecule has 0 spiro atoms. The third-order valence-corrected chi connectivity index (χ3v) is 6.11. The number of hydrogen-bond acceptors (Lipinski definition) is 5. The van der Waals surface area contributed by atoms with E-state index in [1.807, 2.05) is 12.5 Å². The van der Waals surface area contributed by atoms with E-state index < -0.39 is 0 Å². The number of amides is 1. The second-order valence-corrected chi connectivity index (χ2v) is 8.36. The van der Waals surface area contributed by atoms with Gasteiger partial charge in [-0.2, -0.15) is 0 Å². The zero-order valence-electron chi connectivity index (χ0n) is 16.8. The molecule has 1 saturated heterocycles. The molecule has 7 heteroatoms. The van der Waals surface area contributed by atoms with Gasteiger partial charge in [0.1, 0.15) is 5.76 Å². The Morgan fingerprint density at radius 3 is 2.89 bits per heavy atom. The van der Waals surface area contributed by atoms with Gasteiger partial charge in [-0.15, -0.1) is 0 Å². The first-order valence-corrected chi connectivity index (χ1v) is 10.6. The number of likely N-dealkylation sites (tertiary alicyclic amines) is 1. The minimum Gasteiger partial charge on any atom is -0.361 e. The first-order valence-electron chi connectivity index (χ1n) is 10.6. The lowest BCUT2D eigenvalue weighted by Gasteiger charge is -2.33. The minimum atomic E-state index is -0.149. The molecular formula is C21H31N5O2. The zero-order chi connectivity index (χ0) is 19.3. The van der Waals surface area contributed by atoms with Crippen LogP contribution in [0.15, 0.2) is 23.1 Å². The fraction of sp³-hybridized carbons (Fsp3) is 0.667. The Hall–Kier alpha value is -2.15. The molecular weight excluding hydrogens is 354 g/mol. The lowest BCUT2D eigenvalue weighted by molar-refractivity contribution is 0.0920. The van der Waals surface area contributed by atoms with Crippen molar-refractivity contribution < 1.29 is 9.32 Å². The van der Waals surface area contributed by atoms with Crippen molar-refractivity contribution >= 4 is 5.91 Å². The average molecular weight is 386 g/mol. The molecule has 0 radical (unpaired) electrons. The van der Waals surface area contributed by atoms with Crippen molar-refractivity contribution in [2.45, 2.75) is 64.5 Å². The van der Waals surface area contributed by atoms with Crippen LogP contribution in [0.4, 0.5) is 0 Å². The molecule has 28 heavy (non-hydrogen) atoms. The molecule has 152 valence electrons. The highest BCUT2D eigenvalue weighted by Crippen LogP contribution is 2.29. The molecule has 2 aromatic heterocycles. The molecule has 1 aliphatic heterocycles. The van der Waals surface area contributed by atoms with Gasteiger partial charge >= 0.3 is 0 Å². The van der Waals surface area contributed by atoms with Gasteiger partial charge in [0.05, 0.1) is 12.0 Å². The Labute approximate surface area is 166 Å². The van der Waals surface area contributed by atoms with Gasteiger partial charge in [-0.3, -0.25) is 9.69 Å². The molecule has 2 fully saturated rings. The van der Waals surface area contributed by atoms with E-state index in [4.69, 9.17) is 4.52 Å². The maximum atomic E-state index is 12.2. The highest BCUT2D eigenvalue weighted by Gasteiger charge is 2.24. The summed E-state index contributed by atoms with van der Waals surface area (Å²) < 4.78 is 7.40. The van der Waals surface area contributed by atoms with E-state index in [2.05, 4.69) is 24.9 Å². The molecule has 7 nitrogen and oxygen atoms in total. The number of imidazole rings is 1. The SMILES string of the molecule is Cc1cc(C(=O)NC[C@H]2CCCN(Cc3cncn3C3CCCCC3)C2)no1. The smallest absolute Gasteiger partial charge is 0.273 e. The van der Waals surface area contributed by atoms with Crippen LogP contribution in [-0.2, 0) is 6.54 Å². The van der Waals surface area contributed by atoms with E-state index in [-0.39, 0.29) is 5.91 Å². The van der Waals surface area contributed by atoms with Crippen LogP contribution in [0, 0.1) is 12.8 Å². The lowest BCUT2D eigenvalue weighted by Crippen LogP contribution is -2.41. The van der Waals surface area contributed by atoms with Crippen LogP contribution in [0.1, 0.15) is 72.9 Å². The maximum absolute atomic E-state index is 12.2. The summed E-state index contributed by atoms with van der Waals surface area (Å²) in [6, 6.07) is 2.30. The van der Waals surface area contributed by atoms with E-state index in [0.29, 0.717) is 30.0 Å². The quantitative estimate of drug-likeness (QED) is 0.825. The summed E-state index contributed by atoms with van der Waals surface area (Å²) in [5.74, 6) is 0.977. The van der Waals surface area contributed by atoms with Crippen LogP contribution in [0.5, 0.6) is 0 Å². The molecule has 1 N–H and O–H groups in total. The van der Waals surface area contributed by atoms with Crippen molar-refractivity contribution in [3.63, 3.8) is 0 Å². The largest absolute Gasteiger partial charge is 0.361 e. The van der Waals surface area contributed by atoms with E-state index in [1.165, 1.54) is 44.2 Å². The standard InChI is InChI=1S/C21H31N5O2/c1-16-10-20(24-28-16)21(27)23-11-17-6-5-9-25(13-17)14-19-12-22-15-26(19)18-7-3-2-4-8-18/h10,12,15,17-18H,2-9,11,13-14H2,1H3,(H,23,27)/t17-/m1/s1. The number of aryl methyl sites for hydroxylation is 1. The number of nitrogens with zero attached hydrogens (tertiary/aromatic N) is 4. The summed E-state index contributed by atoms with van der Waals surface area (Å²) >= 11 is 0. The van der Waals surface area contributed by atoms with Gasteiger partial charge in [-0.05, 0) is 45.1 Å². The third-order valence-electron chi connectivity index (χ3n) is 6.11. The summed E-state index contributed by atoms with van der Waals surface area (Å²) in [4.78, 5) is 19.2. The molecule has 1 amide bonds. The van der Waals surface area contributed by atoms with Gasteiger partial charge in [0, 0.05) is 37.9 Å². The second-order valence-electron chi connectivity index (χ2n) is 8.36. The molecule has 4 rings (SSSR count). The summed E-state index contributed by atoms with van der Waals surface area (Å²) in [5, 5.41) is 6.81. The fourth-order valence-electron chi connectivity index (χ4n) is 4.63. The number of rotatable bonds is 6. The summed E-state index contributed by atoms with van der Waals surface area (Å²) in [6.45, 7) is 5.55. The van der Waals surface area contributed by atoms with Gasteiger partial charge < -0.3 is 14.4 Å². The Bertz CT molecular complexity index is 777. The summed E-state index contributed by atoms with van der Waals surface area (Å²) in [7, 11) is 0. The van der Waals surface area contributed by atoms with E-state index in [1.54, 1.807) is 13.0 Å². The van der Waals surface area contributed by atoms with Crippen LogP contribution in [0.25, 0.3) is 0 Å². The van der Waals surface area contributed by atoms with Gasteiger partial charge in [-0.1, -0.05) is 24.4 Å². The first kappa shape index (κ1) is 19.2. The Morgan fingerprint density at radius 1 is 1.25 bits per heavy atom. The number of aromatic nitrogens is 3. The van der Waals surface area contributed by atoms with Crippen molar-refractivity contribution in [1.82, 2.24) is 24.9 Å². The average Bonchev–Trinajstić information content (AvgIpc) is 3.36. The normalized spacial score (nSPS) is 21.7. The first-order chi connectivity index (χ1) is 13.7. The van der Waals surface area contributed by atoms with Crippen molar-refractivity contribution in [3.05, 3.63) is 35.7 Å². The molecule has 1 saturated carbocycles. The highest BCUT2D eigenvalue weighted by atomic mass is 16.5. The van der Waals surface area contributed by atoms with Crippen molar-refractivity contribution in [2.75, 3.05) is 19.6 Å². The number of carbonyl (C=O) groups excluding carboxylic acids is 1. The summed E-state index contributed by atoms with van der Waals surface area (Å²) in [6.07, 6.45) is 13.0. The van der Waals surface area contributed by atoms with Crippen LogP contribution in [0.2, 0.25) is 0 Å². The van der Waals surface area contributed by atoms with E-state index in [0.717, 1.165) is 26.1 Å². The topological polar surface area (TPSA) is 76.2 Å². The molecule has 1 aliphatic carbocycles. The van der Waals surface area contributed by atoms with Crippen LogP contribution in [-0.4, -0.2) is 45.1 Å². The minimum absolute atomic E-state index is 0.149. The molecule has 0 aromatic carbocycles. The second kappa shape index (κ2) is 8.90. The molecule has 0 unspecified atom stereocenters. The van der Waals surface area contributed by atoms with Crippen molar-refractivity contribution in [2.24, 2.45) is 5.92 Å². The molecule has 0 bridgehead atoms. The monoisotopic (exact) mass is 385 g/mol. The van der Waals surface area contributed by atoms with Crippen molar-refractivity contribution in [1.29, 1.82) is 0 Å². The van der Waals surface area contributed by atoms with E-state index in [9.17, 15) is 4.79 Å². The number of piperidine rings is 1. The maximum Gasteiger partial charge on any atom is 0.273 e. The van der Waals surface area contributed by atoms with Gasteiger partial charge in [0.15, 0.2) is 5.69 Å². The molecule has 3 heterocycles. The number of carbonyl (C=O) groups is 1. The van der Waals surface area contributed by atoms with Gasteiger partial charge in [0.25, 0.3) is 5.91 Å². The molecule has 2 aliphatic rings. The number of nitrogens with one attached hydrogen (secondary N) is 1. The van der Waals surface area contributed by atoms with E-state index >= 15 is 0 Å². The van der Waals surface area contributed by atoms with Crippen LogP contribution < -0.4 is 5.32 Å². The number of hydrogen-bond donors (Lipinski definition) is 1. The molecule has 2 aromatic rings. The Morgan fingerprint density at radius 2 is 2.11 bits per heavy atom. The predicted molar refractivity (Wildman–Crippen MR) is 106 cm³/mol. The zero-order valence-corrected chi connectivity index (χ0v) is 16.8. The summed E-state index contributed by atoms with van der Waals surface area (Å²) in [5.41, 5.74) is 1.69.